The predicted octanol–water partition coefficient (Wildman–Crippen LogP) is 1.75. The van der Waals surface area contributed by atoms with Crippen LogP contribution in [0.1, 0.15) is 12.8 Å². The number of ether oxygens (including phenoxy) is 1. The number of nitrogens with zero attached hydrogens (tertiary/aromatic N) is 2. The molecule has 1 aromatic carbocycles. The summed E-state index contributed by atoms with van der Waals surface area (Å²) in [6.07, 6.45) is 3.45. The number of piperidine rings is 1. The number of sulfonamides is 1. The van der Waals surface area contributed by atoms with Crippen molar-refractivity contribution in [1.29, 1.82) is 0 Å². The van der Waals surface area contributed by atoms with Gasteiger partial charge in [0, 0.05) is 30.4 Å². The van der Waals surface area contributed by atoms with Gasteiger partial charge < -0.3 is 9.64 Å². The number of pyridine rings is 1. The maximum atomic E-state index is 11.2. The van der Waals surface area contributed by atoms with E-state index in [9.17, 15) is 8.42 Å². The van der Waals surface area contributed by atoms with Gasteiger partial charge in [0.2, 0.25) is 10.0 Å². The topological polar surface area (TPSA) is 85.5 Å². The van der Waals surface area contributed by atoms with Gasteiger partial charge in [0.15, 0.2) is 0 Å². The Balaban J connectivity index is 1.82. The molecule has 0 spiro atoms. The molecule has 0 amide bonds. The quantitative estimate of drug-likeness (QED) is 0.920. The van der Waals surface area contributed by atoms with Gasteiger partial charge in [0.05, 0.1) is 18.4 Å². The molecule has 1 fully saturated rings. The number of anilines is 1. The monoisotopic (exact) mass is 335 g/mol. The summed E-state index contributed by atoms with van der Waals surface area (Å²) in [4.78, 5) is 6.68. The van der Waals surface area contributed by atoms with E-state index < -0.39 is 10.0 Å². The lowest BCUT2D eigenvalue weighted by Crippen LogP contribution is -2.37. The summed E-state index contributed by atoms with van der Waals surface area (Å²) in [7, 11) is -1.75. The van der Waals surface area contributed by atoms with Crippen molar-refractivity contribution in [2.24, 2.45) is 11.1 Å². The third-order valence-corrected chi connectivity index (χ3v) is 5.28. The van der Waals surface area contributed by atoms with Gasteiger partial charge in [-0.2, -0.15) is 0 Å². The lowest BCUT2D eigenvalue weighted by Gasteiger charge is -2.33. The van der Waals surface area contributed by atoms with Crippen molar-refractivity contribution in [3.8, 4) is 5.75 Å². The van der Waals surface area contributed by atoms with E-state index in [1.54, 1.807) is 13.3 Å². The first-order valence-electron chi connectivity index (χ1n) is 7.64. The Morgan fingerprint density at radius 2 is 2.04 bits per heavy atom. The fourth-order valence-corrected chi connectivity index (χ4v) is 4.17. The van der Waals surface area contributed by atoms with Gasteiger partial charge in [-0.3, -0.25) is 4.98 Å². The Morgan fingerprint density at radius 3 is 2.70 bits per heavy atom. The number of nitrogens with two attached hydrogens (primary N) is 1. The van der Waals surface area contributed by atoms with E-state index in [1.807, 2.05) is 24.3 Å². The fourth-order valence-electron chi connectivity index (χ4n) is 3.18. The Morgan fingerprint density at radius 1 is 1.30 bits per heavy atom. The number of hydrogen-bond donors (Lipinski definition) is 1. The van der Waals surface area contributed by atoms with E-state index in [1.165, 1.54) is 0 Å². The highest BCUT2D eigenvalue weighted by Crippen LogP contribution is 2.31. The zero-order valence-electron chi connectivity index (χ0n) is 13.1. The van der Waals surface area contributed by atoms with Gasteiger partial charge in [0.25, 0.3) is 0 Å². The van der Waals surface area contributed by atoms with E-state index in [0.717, 1.165) is 48.3 Å². The summed E-state index contributed by atoms with van der Waals surface area (Å²) in [6.45, 7) is 1.63. The zero-order valence-corrected chi connectivity index (χ0v) is 13.9. The van der Waals surface area contributed by atoms with Crippen LogP contribution in [0, 0.1) is 5.92 Å². The molecule has 23 heavy (non-hydrogen) atoms. The SMILES string of the molecule is COc1ccc2nccc(N3CCC(CS(N)(=O)=O)CC3)c2c1. The molecule has 1 aromatic heterocycles. The van der Waals surface area contributed by atoms with Gasteiger partial charge >= 0.3 is 0 Å². The zero-order chi connectivity index (χ0) is 16.4. The third-order valence-electron chi connectivity index (χ3n) is 4.35. The smallest absolute Gasteiger partial charge is 0.209 e. The van der Waals surface area contributed by atoms with Crippen LogP contribution in [0.25, 0.3) is 10.9 Å². The van der Waals surface area contributed by atoms with Gasteiger partial charge in [0.1, 0.15) is 5.75 Å². The van der Waals surface area contributed by atoms with E-state index in [4.69, 9.17) is 9.88 Å². The Labute approximate surface area is 136 Å². The average Bonchev–Trinajstić information content (AvgIpc) is 2.53. The number of hydrogen-bond acceptors (Lipinski definition) is 5. The molecule has 2 heterocycles. The molecule has 7 heteroatoms. The second-order valence-electron chi connectivity index (χ2n) is 5.97. The Hall–Kier alpha value is -1.86. The summed E-state index contributed by atoms with van der Waals surface area (Å²) >= 11 is 0. The number of primary sulfonamides is 1. The summed E-state index contributed by atoms with van der Waals surface area (Å²) < 4.78 is 27.8. The number of aromatic nitrogens is 1. The van der Waals surface area contributed by atoms with Crippen LogP contribution in [0.15, 0.2) is 30.5 Å². The van der Waals surface area contributed by atoms with Gasteiger partial charge in [-0.05, 0) is 43.0 Å². The molecule has 1 aliphatic rings. The lowest BCUT2D eigenvalue weighted by molar-refractivity contribution is 0.415. The van der Waals surface area contributed by atoms with E-state index in [0.29, 0.717) is 0 Å². The normalized spacial score (nSPS) is 16.7. The van der Waals surface area contributed by atoms with Crippen LogP contribution in [0.4, 0.5) is 5.69 Å². The highest BCUT2D eigenvalue weighted by atomic mass is 32.2. The molecule has 0 aliphatic carbocycles. The number of fused-ring (bicyclic) bond motifs is 1. The van der Waals surface area contributed by atoms with Crippen LogP contribution in [0.2, 0.25) is 0 Å². The number of benzene rings is 1. The van der Waals surface area contributed by atoms with Gasteiger partial charge in [-0.1, -0.05) is 0 Å². The minimum absolute atomic E-state index is 0.0752. The van der Waals surface area contributed by atoms with Crippen molar-refractivity contribution in [3.63, 3.8) is 0 Å². The van der Waals surface area contributed by atoms with E-state index >= 15 is 0 Å². The minimum Gasteiger partial charge on any atom is -0.497 e. The summed E-state index contributed by atoms with van der Waals surface area (Å²) in [5.41, 5.74) is 2.04. The van der Waals surface area contributed by atoms with Crippen molar-refractivity contribution >= 4 is 26.6 Å². The summed E-state index contributed by atoms with van der Waals surface area (Å²) in [5.74, 6) is 1.02. The van der Waals surface area contributed by atoms with Crippen LogP contribution >= 0.6 is 0 Å². The standard InChI is InChI=1S/C16H21N3O3S/c1-22-13-2-3-15-14(10-13)16(4-7-18-15)19-8-5-12(6-9-19)11-23(17,20)21/h2-4,7,10,12H,5-6,8-9,11H2,1H3,(H2,17,20,21). The van der Waals surface area contributed by atoms with Crippen LogP contribution in [0.5, 0.6) is 5.75 Å². The third kappa shape index (κ3) is 3.73. The van der Waals surface area contributed by atoms with Crippen molar-refractivity contribution in [1.82, 2.24) is 4.98 Å². The van der Waals surface area contributed by atoms with Crippen molar-refractivity contribution in [3.05, 3.63) is 30.5 Å². The fraction of sp³-hybridized carbons (Fsp3) is 0.438. The van der Waals surface area contributed by atoms with Crippen LogP contribution in [0.3, 0.4) is 0 Å². The molecule has 0 saturated carbocycles. The second-order valence-corrected chi connectivity index (χ2v) is 7.63. The van der Waals surface area contributed by atoms with Crippen LogP contribution in [-0.4, -0.2) is 39.4 Å². The Kier molecular flexibility index (Phi) is 4.41. The molecule has 0 bridgehead atoms. The Bertz CT molecular complexity index is 799. The van der Waals surface area contributed by atoms with Crippen molar-refractivity contribution < 1.29 is 13.2 Å². The molecule has 1 aliphatic heterocycles. The van der Waals surface area contributed by atoms with E-state index in [2.05, 4.69) is 9.88 Å². The number of rotatable bonds is 4. The first-order valence-corrected chi connectivity index (χ1v) is 9.36. The molecule has 2 aromatic rings. The minimum atomic E-state index is -3.39. The molecule has 6 nitrogen and oxygen atoms in total. The highest BCUT2D eigenvalue weighted by Gasteiger charge is 2.23. The maximum Gasteiger partial charge on any atom is 0.209 e. The molecule has 3 rings (SSSR count). The van der Waals surface area contributed by atoms with Crippen molar-refractivity contribution in [2.75, 3.05) is 30.9 Å². The lowest BCUT2D eigenvalue weighted by atomic mass is 9.98. The van der Waals surface area contributed by atoms with Crippen molar-refractivity contribution in [2.45, 2.75) is 12.8 Å². The molecule has 1 saturated heterocycles. The van der Waals surface area contributed by atoms with Crippen LogP contribution < -0.4 is 14.8 Å². The number of methoxy groups -OCH3 is 1. The molecule has 0 radical (unpaired) electrons. The van der Waals surface area contributed by atoms with E-state index in [-0.39, 0.29) is 11.7 Å². The largest absolute Gasteiger partial charge is 0.497 e. The summed E-state index contributed by atoms with van der Waals surface area (Å²) in [5, 5.41) is 6.21. The molecular weight excluding hydrogens is 314 g/mol. The van der Waals surface area contributed by atoms with Gasteiger partial charge in [-0.25, -0.2) is 13.6 Å². The average molecular weight is 335 g/mol. The van der Waals surface area contributed by atoms with Gasteiger partial charge in [-0.15, -0.1) is 0 Å². The molecule has 0 unspecified atom stereocenters. The maximum absolute atomic E-state index is 11.2. The van der Waals surface area contributed by atoms with Crippen LogP contribution in [-0.2, 0) is 10.0 Å². The highest BCUT2D eigenvalue weighted by molar-refractivity contribution is 7.89. The molecule has 0 atom stereocenters. The summed E-state index contributed by atoms with van der Waals surface area (Å²) in [6, 6.07) is 7.85. The first kappa shape index (κ1) is 16.0. The molecule has 2 N–H and O–H groups in total. The molecule has 124 valence electrons. The predicted molar refractivity (Wildman–Crippen MR) is 91.2 cm³/mol. The second kappa shape index (κ2) is 6.33. The first-order chi connectivity index (χ1) is 11.0. The molecular formula is C16H21N3O3S.